The molecule has 0 aromatic heterocycles. The van der Waals surface area contributed by atoms with E-state index in [1.807, 2.05) is 6.92 Å². The summed E-state index contributed by atoms with van der Waals surface area (Å²) in [5.41, 5.74) is 7.01. The molecule has 0 bridgehead atoms. The molecule has 0 radical (unpaired) electrons. The van der Waals surface area contributed by atoms with Gasteiger partial charge in [0.15, 0.2) is 0 Å². The summed E-state index contributed by atoms with van der Waals surface area (Å²) < 4.78 is 0. The summed E-state index contributed by atoms with van der Waals surface area (Å²) in [6, 6.07) is 7.00. The third kappa shape index (κ3) is 5.61. The molecule has 1 atom stereocenters. The lowest BCUT2D eigenvalue weighted by Crippen LogP contribution is -2.43. The number of carbonyl (C=O) groups excluding carboxylic acids is 1. The minimum atomic E-state index is -0.190. The Kier molecular flexibility index (Phi) is 6.15. The average Bonchev–Trinajstić information content (AvgIpc) is 2.38. The fraction of sp³-hybridized carbons (Fsp3) is 0.500. The molecular formula is C14H24N4O. The van der Waals surface area contributed by atoms with Crippen LogP contribution in [0.1, 0.15) is 20.8 Å². The highest BCUT2D eigenvalue weighted by Gasteiger charge is 2.10. The number of anilines is 2. The van der Waals surface area contributed by atoms with Crippen LogP contribution >= 0.6 is 0 Å². The summed E-state index contributed by atoms with van der Waals surface area (Å²) in [5, 5.41) is 5.70. The van der Waals surface area contributed by atoms with E-state index in [1.165, 1.54) is 0 Å². The number of nitrogens with zero attached hydrogens (tertiary/aromatic N) is 1. The van der Waals surface area contributed by atoms with E-state index in [0.29, 0.717) is 5.69 Å². The van der Waals surface area contributed by atoms with Crippen molar-refractivity contribution in [2.45, 2.75) is 26.8 Å². The Balaban J connectivity index is 2.40. The molecule has 1 aromatic rings. The molecule has 0 aliphatic heterocycles. The molecule has 1 aromatic carbocycles. The number of benzene rings is 1. The van der Waals surface area contributed by atoms with E-state index in [4.69, 9.17) is 5.73 Å². The monoisotopic (exact) mass is 264 g/mol. The first-order valence-corrected chi connectivity index (χ1v) is 6.70. The van der Waals surface area contributed by atoms with E-state index in [-0.39, 0.29) is 12.1 Å². The molecule has 0 heterocycles. The van der Waals surface area contributed by atoms with Crippen molar-refractivity contribution in [3.63, 3.8) is 0 Å². The molecule has 2 amide bonds. The Hall–Kier alpha value is -1.75. The number of hydrogen-bond donors (Lipinski definition) is 3. The number of nitrogens with two attached hydrogens (primary N) is 1. The molecule has 5 nitrogen and oxygen atoms in total. The van der Waals surface area contributed by atoms with Gasteiger partial charge in [-0.3, -0.25) is 0 Å². The number of nitrogen functional groups attached to an aromatic ring is 1. The molecule has 0 saturated heterocycles. The zero-order chi connectivity index (χ0) is 14.3. The maximum Gasteiger partial charge on any atom is 0.319 e. The van der Waals surface area contributed by atoms with E-state index >= 15 is 0 Å². The van der Waals surface area contributed by atoms with Crippen LogP contribution in [0.25, 0.3) is 0 Å². The van der Waals surface area contributed by atoms with Gasteiger partial charge in [-0.15, -0.1) is 0 Å². The van der Waals surface area contributed by atoms with Gasteiger partial charge in [-0.2, -0.15) is 0 Å². The van der Waals surface area contributed by atoms with E-state index in [1.54, 1.807) is 24.3 Å². The lowest BCUT2D eigenvalue weighted by molar-refractivity contribution is 0.238. The van der Waals surface area contributed by atoms with Gasteiger partial charge in [0.05, 0.1) is 0 Å². The lowest BCUT2D eigenvalue weighted by atomic mass is 10.3. The normalized spacial score (nSPS) is 12.2. The lowest BCUT2D eigenvalue weighted by Gasteiger charge is -2.23. The number of hydrogen-bond acceptors (Lipinski definition) is 3. The molecular weight excluding hydrogens is 240 g/mol. The molecule has 106 valence electrons. The predicted octanol–water partition coefficient (Wildman–Crippen LogP) is 2.12. The third-order valence-corrected chi connectivity index (χ3v) is 2.97. The summed E-state index contributed by atoms with van der Waals surface area (Å²) in [4.78, 5) is 14.1. The number of likely N-dealkylation sites (N-methyl/N-ethyl adjacent to an activating group) is 1. The summed E-state index contributed by atoms with van der Waals surface area (Å²) in [7, 11) is 0. The molecule has 0 fully saturated rings. The van der Waals surface area contributed by atoms with Crippen LogP contribution in [-0.4, -0.2) is 36.6 Å². The van der Waals surface area contributed by atoms with Crippen molar-refractivity contribution in [2.24, 2.45) is 0 Å². The first kappa shape index (κ1) is 15.3. The van der Waals surface area contributed by atoms with Crippen LogP contribution in [0.15, 0.2) is 24.3 Å². The quantitative estimate of drug-likeness (QED) is 0.689. The third-order valence-electron chi connectivity index (χ3n) is 2.97. The fourth-order valence-corrected chi connectivity index (χ4v) is 1.87. The largest absolute Gasteiger partial charge is 0.399 e. The highest BCUT2D eigenvalue weighted by atomic mass is 16.2. The number of urea groups is 1. The molecule has 5 heteroatoms. The van der Waals surface area contributed by atoms with Crippen LogP contribution in [0, 0.1) is 0 Å². The number of nitrogens with one attached hydrogen (secondary N) is 2. The van der Waals surface area contributed by atoms with Gasteiger partial charge in [0.2, 0.25) is 0 Å². The van der Waals surface area contributed by atoms with Crippen molar-refractivity contribution in [3.8, 4) is 0 Å². The number of carbonyl (C=O) groups is 1. The topological polar surface area (TPSA) is 70.4 Å². The highest BCUT2D eigenvalue weighted by molar-refractivity contribution is 5.89. The van der Waals surface area contributed by atoms with E-state index in [9.17, 15) is 4.79 Å². The fourth-order valence-electron chi connectivity index (χ4n) is 1.87. The average molecular weight is 264 g/mol. The van der Waals surface area contributed by atoms with Crippen LogP contribution in [0.2, 0.25) is 0 Å². The van der Waals surface area contributed by atoms with Gasteiger partial charge in [-0.25, -0.2) is 4.79 Å². The van der Waals surface area contributed by atoms with Gasteiger partial charge in [0, 0.05) is 24.0 Å². The van der Waals surface area contributed by atoms with E-state index in [0.717, 1.165) is 25.3 Å². The van der Waals surface area contributed by atoms with Crippen molar-refractivity contribution < 1.29 is 4.79 Å². The van der Waals surface area contributed by atoms with E-state index < -0.39 is 0 Å². The second-order valence-corrected chi connectivity index (χ2v) is 4.61. The first-order valence-electron chi connectivity index (χ1n) is 6.70. The Morgan fingerprint density at radius 3 is 2.37 bits per heavy atom. The minimum Gasteiger partial charge on any atom is -0.399 e. The summed E-state index contributed by atoms with van der Waals surface area (Å²) >= 11 is 0. The summed E-state index contributed by atoms with van der Waals surface area (Å²) in [5.74, 6) is 0. The van der Waals surface area contributed by atoms with Gasteiger partial charge in [0.1, 0.15) is 0 Å². The number of rotatable bonds is 6. The van der Waals surface area contributed by atoms with Gasteiger partial charge >= 0.3 is 6.03 Å². The minimum absolute atomic E-state index is 0.105. The molecule has 0 aliphatic carbocycles. The van der Waals surface area contributed by atoms with Crippen LogP contribution in [-0.2, 0) is 0 Å². The first-order chi connectivity index (χ1) is 9.05. The zero-order valence-corrected chi connectivity index (χ0v) is 11.9. The number of amides is 2. The van der Waals surface area contributed by atoms with Crippen molar-refractivity contribution >= 4 is 17.4 Å². The van der Waals surface area contributed by atoms with Crippen molar-refractivity contribution in [3.05, 3.63) is 24.3 Å². The highest BCUT2D eigenvalue weighted by Crippen LogP contribution is 2.10. The van der Waals surface area contributed by atoms with Gasteiger partial charge in [-0.1, -0.05) is 13.8 Å². The van der Waals surface area contributed by atoms with Crippen LogP contribution < -0.4 is 16.4 Å². The molecule has 0 aliphatic rings. The predicted molar refractivity (Wildman–Crippen MR) is 80.3 cm³/mol. The van der Waals surface area contributed by atoms with Crippen LogP contribution in [0.4, 0.5) is 16.2 Å². The zero-order valence-electron chi connectivity index (χ0n) is 11.9. The summed E-state index contributed by atoms with van der Waals surface area (Å²) in [6.07, 6.45) is 0. The molecule has 4 N–H and O–H groups in total. The van der Waals surface area contributed by atoms with Crippen molar-refractivity contribution in [1.29, 1.82) is 0 Å². The Morgan fingerprint density at radius 2 is 1.84 bits per heavy atom. The van der Waals surface area contributed by atoms with Crippen LogP contribution in [0.5, 0.6) is 0 Å². The molecule has 1 rings (SSSR count). The smallest absolute Gasteiger partial charge is 0.319 e. The molecule has 0 saturated carbocycles. The maximum atomic E-state index is 11.8. The van der Waals surface area contributed by atoms with Gasteiger partial charge in [-0.05, 0) is 44.3 Å². The Bertz CT molecular complexity index is 387. The Labute approximate surface area is 115 Å². The molecule has 0 spiro atoms. The van der Waals surface area contributed by atoms with Crippen LogP contribution in [0.3, 0.4) is 0 Å². The molecule has 1 unspecified atom stereocenters. The SMILES string of the molecule is CCN(CC)CC(C)NC(=O)Nc1ccc(N)cc1. The summed E-state index contributed by atoms with van der Waals surface area (Å²) in [6.45, 7) is 9.06. The second kappa shape index (κ2) is 7.63. The Morgan fingerprint density at radius 1 is 1.26 bits per heavy atom. The standard InChI is InChI=1S/C14H24N4O/c1-4-18(5-2)10-11(3)16-14(19)17-13-8-6-12(15)7-9-13/h6-9,11H,4-5,10,15H2,1-3H3,(H2,16,17,19). The van der Waals surface area contributed by atoms with Crippen molar-refractivity contribution in [1.82, 2.24) is 10.2 Å². The second-order valence-electron chi connectivity index (χ2n) is 4.61. The van der Waals surface area contributed by atoms with E-state index in [2.05, 4.69) is 29.4 Å². The van der Waals surface area contributed by atoms with Gasteiger partial charge in [0.25, 0.3) is 0 Å². The van der Waals surface area contributed by atoms with Gasteiger partial charge < -0.3 is 21.3 Å². The maximum absolute atomic E-state index is 11.8. The van der Waals surface area contributed by atoms with Crippen molar-refractivity contribution in [2.75, 3.05) is 30.7 Å². The molecule has 19 heavy (non-hydrogen) atoms.